The maximum atomic E-state index is 13.1. The van der Waals surface area contributed by atoms with E-state index in [0.717, 1.165) is 37.0 Å². The van der Waals surface area contributed by atoms with Gasteiger partial charge >= 0.3 is 0 Å². The van der Waals surface area contributed by atoms with Gasteiger partial charge < -0.3 is 9.64 Å². The molecule has 0 aromatic heterocycles. The molecule has 0 heterocycles. The van der Waals surface area contributed by atoms with E-state index in [9.17, 15) is 9.18 Å². The fourth-order valence-electron chi connectivity index (χ4n) is 5.71. The number of carbonyl (C=O) groups is 1. The molecule has 4 aliphatic carbocycles. The molecule has 1 amide bonds. The van der Waals surface area contributed by atoms with E-state index in [1.807, 2.05) is 11.9 Å². The van der Waals surface area contributed by atoms with Crippen LogP contribution in [-0.4, -0.2) is 31.0 Å². The Kier molecular flexibility index (Phi) is 4.01. The third-order valence-corrected chi connectivity index (χ3v) is 6.35. The fourth-order valence-corrected chi connectivity index (χ4v) is 5.71. The second-order valence-electron chi connectivity index (χ2n) is 8.23. The van der Waals surface area contributed by atoms with Crippen molar-refractivity contribution in [2.75, 3.05) is 20.2 Å². The van der Waals surface area contributed by atoms with Crippen LogP contribution >= 0.6 is 0 Å². The number of hydrogen-bond donors (Lipinski definition) is 0. The maximum Gasteiger partial charge on any atom is 0.228 e. The Morgan fingerprint density at radius 1 is 1.12 bits per heavy atom. The quantitative estimate of drug-likeness (QED) is 0.819. The van der Waals surface area contributed by atoms with E-state index in [1.165, 1.54) is 31.4 Å². The number of benzene rings is 1. The number of rotatable bonds is 5. The summed E-state index contributed by atoms with van der Waals surface area (Å²) in [5, 5.41) is 0. The van der Waals surface area contributed by atoms with Gasteiger partial charge in [-0.25, -0.2) is 4.39 Å². The summed E-state index contributed by atoms with van der Waals surface area (Å²) in [5.41, 5.74) is -0.0840. The second-order valence-corrected chi connectivity index (χ2v) is 8.23. The lowest BCUT2D eigenvalue weighted by Crippen LogP contribution is -2.54. The molecule has 4 aliphatic rings. The summed E-state index contributed by atoms with van der Waals surface area (Å²) in [6.07, 6.45) is 7.35. The first kappa shape index (κ1) is 15.9. The summed E-state index contributed by atoms with van der Waals surface area (Å²) in [6.45, 7) is 1.03. The van der Waals surface area contributed by atoms with Gasteiger partial charge in [0.25, 0.3) is 0 Å². The number of halogens is 1. The van der Waals surface area contributed by atoms with Gasteiger partial charge in [0.1, 0.15) is 18.2 Å². The first-order valence-corrected chi connectivity index (χ1v) is 9.18. The second kappa shape index (κ2) is 6.05. The van der Waals surface area contributed by atoms with Crippen LogP contribution in [0.25, 0.3) is 0 Å². The summed E-state index contributed by atoms with van der Waals surface area (Å²) in [6, 6.07) is 6.02. The van der Waals surface area contributed by atoms with Crippen molar-refractivity contribution in [3.63, 3.8) is 0 Å². The monoisotopic (exact) mass is 331 g/mol. The van der Waals surface area contributed by atoms with Gasteiger partial charge in [0.2, 0.25) is 5.91 Å². The molecule has 0 unspecified atom stereocenters. The van der Waals surface area contributed by atoms with Gasteiger partial charge in [0.15, 0.2) is 0 Å². The van der Waals surface area contributed by atoms with Gasteiger partial charge in [0, 0.05) is 7.05 Å². The van der Waals surface area contributed by atoms with Crippen LogP contribution in [0.1, 0.15) is 38.5 Å². The molecule has 1 aromatic carbocycles. The molecule has 4 saturated carbocycles. The van der Waals surface area contributed by atoms with Crippen molar-refractivity contribution >= 4 is 5.91 Å². The minimum Gasteiger partial charge on any atom is -0.492 e. The minimum absolute atomic E-state index is 0.0840. The molecule has 130 valence electrons. The third-order valence-electron chi connectivity index (χ3n) is 6.35. The Morgan fingerprint density at radius 3 is 2.21 bits per heavy atom. The summed E-state index contributed by atoms with van der Waals surface area (Å²) >= 11 is 0. The van der Waals surface area contributed by atoms with Crippen molar-refractivity contribution in [2.24, 2.45) is 23.2 Å². The van der Waals surface area contributed by atoms with Crippen molar-refractivity contribution in [1.29, 1.82) is 0 Å². The highest BCUT2D eigenvalue weighted by Crippen LogP contribution is 2.60. The molecule has 3 nitrogen and oxygen atoms in total. The molecule has 5 rings (SSSR count). The van der Waals surface area contributed by atoms with Crippen LogP contribution in [0.15, 0.2) is 24.3 Å². The average Bonchev–Trinajstić information content (AvgIpc) is 2.54. The molecule has 1 aromatic rings. The highest BCUT2D eigenvalue weighted by Gasteiger charge is 2.55. The van der Waals surface area contributed by atoms with E-state index in [-0.39, 0.29) is 11.2 Å². The lowest BCUT2D eigenvalue weighted by Gasteiger charge is -2.56. The highest BCUT2D eigenvalue weighted by molar-refractivity contribution is 5.83. The lowest BCUT2D eigenvalue weighted by molar-refractivity contribution is -0.156. The highest BCUT2D eigenvalue weighted by atomic mass is 19.1. The molecule has 4 fully saturated rings. The Balaban J connectivity index is 1.33. The van der Waals surface area contributed by atoms with Gasteiger partial charge in [-0.3, -0.25) is 4.79 Å². The number of likely N-dealkylation sites (N-methyl/N-ethyl adjacent to an activating group) is 1. The normalized spacial score (nSPS) is 33.5. The van der Waals surface area contributed by atoms with Crippen LogP contribution in [0.2, 0.25) is 0 Å². The Labute approximate surface area is 143 Å². The lowest BCUT2D eigenvalue weighted by atomic mass is 9.49. The number of carbonyl (C=O) groups excluding carboxylic acids is 1. The predicted molar refractivity (Wildman–Crippen MR) is 90.1 cm³/mol. The topological polar surface area (TPSA) is 29.5 Å². The molecule has 0 aliphatic heterocycles. The summed E-state index contributed by atoms with van der Waals surface area (Å²) in [5.74, 6) is 3.05. The Morgan fingerprint density at radius 2 is 1.67 bits per heavy atom. The number of nitrogens with zero attached hydrogens (tertiary/aromatic N) is 1. The SMILES string of the molecule is CN(CCOc1ccc(F)cc1)C(=O)C12CC3CC(CC(C3)C1)C2. The van der Waals surface area contributed by atoms with Crippen LogP contribution in [0, 0.1) is 29.0 Å². The summed E-state index contributed by atoms with van der Waals surface area (Å²) in [4.78, 5) is 15.0. The summed E-state index contributed by atoms with van der Waals surface area (Å²) < 4.78 is 18.5. The molecular formula is C20H26FNO2. The predicted octanol–water partition coefficient (Wildman–Crippen LogP) is 3.88. The molecule has 24 heavy (non-hydrogen) atoms. The fraction of sp³-hybridized carbons (Fsp3) is 0.650. The van der Waals surface area contributed by atoms with Crippen LogP contribution in [0.4, 0.5) is 4.39 Å². The van der Waals surface area contributed by atoms with Gasteiger partial charge in [0.05, 0.1) is 12.0 Å². The van der Waals surface area contributed by atoms with E-state index < -0.39 is 0 Å². The van der Waals surface area contributed by atoms with E-state index in [1.54, 1.807) is 12.1 Å². The molecule has 0 N–H and O–H groups in total. The molecule has 4 heteroatoms. The van der Waals surface area contributed by atoms with Crippen molar-refractivity contribution in [1.82, 2.24) is 4.90 Å². The largest absolute Gasteiger partial charge is 0.492 e. The number of hydrogen-bond acceptors (Lipinski definition) is 2. The summed E-state index contributed by atoms with van der Waals surface area (Å²) in [7, 11) is 1.90. The standard InChI is InChI=1S/C20H26FNO2/c1-22(6-7-24-18-4-2-17(21)3-5-18)19(23)20-11-14-8-15(12-20)10-16(9-14)13-20/h2-5,14-16H,6-13H2,1H3. The van der Waals surface area contributed by atoms with Gasteiger partial charge in [-0.2, -0.15) is 0 Å². The van der Waals surface area contributed by atoms with Crippen LogP contribution < -0.4 is 4.74 Å². The molecular weight excluding hydrogens is 305 g/mol. The molecule has 0 saturated heterocycles. The number of amides is 1. The molecule has 0 spiro atoms. The van der Waals surface area contributed by atoms with Crippen molar-refractivity contribution in [2.45, 2.75) is 38.5 Å². The van der Waals surface area contributed by atoms with Crippen LogP contribution in [-0.2, 0) is 4.79 Å². The minimum atomic E-state index is -0.267. The molecule has 0 atom stereocenters. The first-order chi connectivity index (χ1) is 11.5. The van der Waals surface area contributed by atoms with Crippen LogP contribution in [0.5, 0.6) is 5.75 Å². The molecule has 4 bridgehead atoms. The Hall–Kier alpha value is -1.58. The number of ether oxygens (including phenoxy) is 1. The Bertz CT molecular complexity index is 577. The smallest absolute Gasteiger partial charge is 0.228 e. The zero-order chi connectivity index (χ0) is 16.7. The van der Waals surface area contributed by atoms with E-state index in [2.05, 4.69) is 0 Å². The zero-order valence-corrected chi connectivity index (χ0v) is 14.3. The van der Waals surface area contributed by atoms with Crippen molar-refractivity contribution < 1.29 is 13.9 Å². The third kappa shape index (κ3) is 2.91. The first-order valence-electron chi connectivity index (χ1n) is 9.18. The van der Waals surface area contributed by atoms with Gasteiger partial charge in [-0.05, 0) is 80.5 Å². The van der Waals surface area contributed by atoms with Gasteiger partial charge in [-0.15, -0.1) is 0 Å². The average molecular weight is 331 g/mol. The van der Waals surface area contributed by atoms with E-state index in [0.29, 0.717) is 24.8 Å². The maximum absolute atomic E-state index is 13.1. The van der Waals surface area contributed by atoms with Gasteiger partial charge in [-0.1, -0.05) is 0 Å². The van der Waals surface area contributed by atoms with E-state index >= 15 is 0 Å². The van der Waals surface area contributed by atoms with E-state index in [4.69, 9.17) is 4.74 Å². The van der Waals surface area contributed by atoms with Crippen LogP contribution in [0.3, 0.4) is 0 Å². The van der Waals surface area contributed by atoms with Crippen molar-refractivity contribution in [3.8, 4) is 5.75 Å². The van der Waals surface area contributed by atoms with Crippen molar-refractivity contribution in [3.05, 3.63) is 30.1 Å². The zero-order valence-electron chi connectivity index (χ0n) is 14.3. The molecule has 0 radical (unpaired) electrons.